The van der Waals surface area contributed by atoms with E-state index in [9.17, 15) is 10.2 Å². The third-order valence-electron chi connectivity index (χ3n) is 4.96. The lowest BCUT2D eigenvalue weighted by molar-refractivity contribution is 0.0453. The molecule has 2 fully saturated rings. The maximum Gasteiger partial charge on any atom is 0.138 e. The lowest BCUT2D eigenvalue weighted by Gasteiger charge is -2.39. The number of aliphatic hydroxyl groups is 1. The summed E-state index contributed by atoms with van der Waals surface area (Å²) in [6.07, 6.45) is 4.48. The molecule has 1 heterocycles. The summed E-state index contributed by atoms with van der Waals surface area (Å²) in [5, 5.41) is 20.0. The van der Waals surface area contributed by atoms with Crippen LogP contribution in [0.2, 0.25) is 0 Å². The maximum atomic E-state index is 10.1. The predicted octanol–water partition coefficient (Wildman–Crippen LogP) is 2.07. The molecule has 1 aliphatic heterocycles. The number of anilines is 1. The highest BCUT2D eigenvalue weighted by Gasteiger charge is 2.27. The van der Waals surface area contributed by atoms with Gasteiger partial charge in [-0.2, -0.15) is 0 Å². The molecule has 2 N–H and O–H groups in total. The van der Waals surface area contributed by atoms with Gasteiger partial charge < -0.3 is 15.1 Å². The molecule has 1 aliphatic carbocycles. The van der Waals surface area contributed by atoms with Crippen molar-refractivity contribution in [1.82, 2.24) is 4.90 Å². The van der Waals surface area contributed by atoms with Gasteiger partial charge in [0, 0.05) is 32.7 Å². The molecule has 0 unspecified atom stereocenters. The Morgan fingerprint density at radius 1 is 1.00 bits per heavy atom. The first-order valence-corrected chi connectivity index (χ1v) is 8.17. The van der Waals surface area contributed by atoms with Crippen molar-refractivity contribution in [2.24, 2.45) is 5.92 Å². The van der Waals surface area contributed by atoms with Crippen molar-refractivity contribution in [1.29, 1.82) is 0 Å². The van der Waals surface area contributed by atoms with Gasteiger partial charge in [-0.15, -0.1) is 0 Å². The Kier molecular flexibility index (Phi) is 4.66. The van der Waals surface area contributed by atoms with Crippen LogP contribution in [-0.2, 0) is 0 Å². The lowest BCUT2D eigenvalue weighted by Crippen LogP contribution is -2.49. The van der Waals surface area contributed by atoms with Gasteiger partial charge in [0.05, 0.1) is 11.8 Å². The van der Waals surface area contributed by atoms with Crippen LogP contribution in [0.4, 0.5) is 5.69 Å². The molecule has 2 aliphatic rings. The van der Waals surface area contributed by atoms with Crippen LogP contribution in [0.25, 0.3) is 0 Å². The van der Waals surface area contributed by atoms with Crippen LogP contribution in [0.15, 0.2) is 24.3 Å². The molecule has 0 spiro atoms. The van der Waals surface area contributed by atoms with Crippen molar-refractivity contribution in [3.63, 3.8) is 0 Å². The average Bonchev–Trinajstić information content (AvgIpc) is 2.51. The van der Waals surface area contributed by atoms with Crippen LogP contribution < -0.4 is 4.90 Å². The number of para-hydroxylation sites is 2. The average molecular weight is 290 g/mol. The molecule has 1 aromatic rings. The number of piperazine rings is 1. The number of nitrogens with zero attached hydrogens (tertiary/aromatic N) is 2. The summed E-state index contributed by atoms with van der Waals surface area (Å²) in [6, 6.07) is 7.56. The zero-order chi connectivity index (χ0) is 14.7. The second-order valence-corrected chi connectivity index (χ2v) is 6.39. The van der Waals surface area contributed by atoms with E-state index in [4.69, 9.17) is 0 Å². The van der Waals surface area contributed by atoms with Crippen LogP contribution in [0.3, 0.4) is 0 Å². The summed E-state index contributed by atoms with van der Waals surface area (Å²) in [5.74, 6) is 0.823. The molecule has 0 amide bonds. The van der Waals surface area contributed by atoms with E-state index < -0.39 is 0 Å². The maximum absolute atomic E-state index is 10.1. The lowest BCUT2D eigenvalue weighted by atomic mass is 9.86. The third-order valence-corrected chi connectivity index (χ3v) is 4.96. The number of phenolic OH excluding ortho intramolecular Hbond substituents is 1. The van der Waals surface area contributed by atoms with Crippen LogP contribution in [0.5, 0.6) is 5.75 Å². The number of benzene rings is 1. The summed E-state index contributed by atoms with van der Waals surface area (Å²) in [7, 11) is 0. The fourth-order valence-electron chi connectivity index (χ4n) is 3.64. The van der Waals surface area contributed by atoms with Crippen molar-refractivity contribution >= 4 is 5.69 Å². The van der Waals surface area contributed by atoms with E-state index >= 15 is 0 Å². The van der Waals surface area contributed by atoms with Gasteiger partial charge in [0.15, 0.2) is 0 Å². The molecule has 0 radical (unpaired) electrons. The normalized spacial score (nSPS) is 27.8. The van der Waals surface area contributed by atoms with Gasteiger partial charge in [-0.3, -0.25) is 4.90 Å². The highest BCUT2D eigenvalue weighted by molar-refractivity contribution is 5.57. The monoisotopic (exact) mass is 290 g/mol. The van der Waals surface area contributed by atoms with Gasteiger partial charge in [0.25, 0.3) is 0 Å². The molecule has 3 rings (SSSR count). The van der Waals surface area contributed by atoms with E-state index in [0.717, 1.165) is 44.8 Å². The highest BCUT2D eigenvalue weighted by Crippen LogP contribution is 2.28. The van der Waals surface area contributed by atoms with Crippen LogP contribution in [-0.4, -0.2) is 53.9 Å². The van der Waals surface area contributed by atoms with Crippen molar-refractivity contribution in [2.75, 3.05) is 37.6 Å². The fourth-order valence-corrected chi connectivity index (χ4v) is 3.64. The quantitative estimate of drug-likeness (QED) is 0.894. The summed E-state index contributed by atoms with van der Waals surface area (Å²) in [4.78, 5) is 4.72. The molecule has 1 saturated carbocycles. The Bertz CT molecular complexity index is 458. The number of aromatic hydroxyl groups is 1. The molecule has 0 aromatic heterocycles. The van der Waals surface area contributed by atoms with Gasteiger partial charge in [-0.1, -0.05) is 25.0 Å². The van der Waals surface area contributed by atoms with Gasteiger partial charge in [0.2, 0.25) is 0 Å². The van der Waals surface area contributed by atoms with E-state index in [1.54, 1.807) is 6.07 Å². The van der Waals surface area contributed by atoms with Crippen molar-refractivity contribution in [3.8, 4) is 5.75 Å². The standard InChI is InChI=1S/C17H26N2O2/c20-16-7-3-1-5-14(16)13-18-9-11-19(12-10-18)15-6-2-4-8-17(15)21/h2,4,6,8,14,16,20-21H,1,3,5,7,9-13H2/t14-,16-/m1/s1. The summed E-state index contributed by atoms with van der Waals surface area (Å²) < 4.78 is 0. The Hall–Kier alpha value is -1.26. The smallest absolute Gasteiger partial charge is 0.138 e. The number of hydrogen-bond acceptors (Lipinski definition) is 4. The van der Waals surface area contributed by atoms with Gasteiger partial charge >= 0.3 is 0 Å². The second kappa shape index (κ2) is 6.67. The molecule has 0 bridgehead atoms. The van der Waals surface area contributed by atoms with E-state index in [2.05, 4.69) is 9.80 Å². The Balaban J connectivity index is 1.52. The van der Waals surface area contributed by atoms with Crippen LogP contribution in [0, 0.1) is 5.92 Å². The van der Waals surface area contributed by atoms with E-state index in [1.807, 2.05) is 18.2 Å². The van der Waals surface area contributed by atoms with Crippen molar-refractivity contribution in [3.05, 3.63) is 24.3 Å². The van der Waals surface area contributed by atoms with Gasteiger partial charge in [-0.05, 0) is 30.9 Å². The van der Waals surface area contributed by atoms with E-state index in [0.29, 0.717) is 11.7 Å². The van der Waals surface area contributed by atoms with Gasteiger partial charge in [-0.25, -0.2) is 0 Å². The third kappa shape index (κ3) is 3.50. The predicted molar refractivity (Wildman–Crippen MR) is 84.7 cm³/mol. The number of aliphatic hydroxyl groups excluding tert-OH is 1. The SMILES string of the molecule is Oc1ccccc1N1CCN(C[C@H]2CCCC[C@H]2O)CC1. The van der Waals surface area contributed by atoms with E-state index in [-0.39, 0.29) is 6.10 Å². The summed E-state index contributed by atoms with van der Waals surface area (Å²) in [6.45, 7) is 4.94. The largest absolute Gasteiger partial charge is 0.506 e. The van der Waals surface area contributed by atoms with Gasteiger partial charge in [0.1, 0.15) is 5.75 Å². The summed E-state index contributed by atoms with van der Waals surface area (Å²) >= 11 is 0. The highest BCUT2D eigenvalue weighted by atomic mass is 16.3. The Morgan fingerprint density at radius 2 is 1.71 bits per heavy atom. The second-order valence-electron chi connectivity index (χ2n) is 6.39. The topological polar surface area (TPSA) is 46.9 Å². The molecule has 4 nitrogen and oxygen atoms in total. The summed E-state index contributed by atoms with van der Waals surface area (Å²) in [5.41, 5.74) is 0.940. The Labute approximate surface area is 127 Å². The fraction of sp³-hybridized carbons (Fsp3) is 0.647. The first-order valence-electron chi connectivity index (χ1n) is 8.17. The first kappa shape index (κ1) is 14.7. The molecule has 1 aromatic carbocycles. The molecule has 1 saturated heterocycles. The zero-order valence-electron chi connectivity index (χ0n) is 12.6. The molecule has 2 atom stereocenters. The number of phenols is 1. The first-order chi connectivity index (χ1) is 10.2. The molecule has 116 valence electrons. The molecule has 21 heavy (non-hydrogen) atoms. The molecular weight excluding hydrogens is 264 g/mol. The minimum Gasteiger partial charge on any atom is -0.506 e. The van der Waals surface area contributed by atoms with E-state index in [1.165, 1.54) is 19.3 Å². The zero-order valence-corrected chi connectivity index (χ0v) is 12.6. The molecular formula is C17H26N2O2. The van der Waals surface area contributed by atoms with Crippen LogP contribution >= 0.6 is 0 Å². The van der Waals surface area contributed by atoms with Crippen LogP contribution in [0.1, 0.15) is 25.7 Å². The van der Waals surface area contributed by atoms with Crippen molar-refractivity contribution in [2.45, 2.75) is 31.8 Å². The minimum absolute atomic E-state index is 0.102. The van der Waals surface area contributed by atoms with Crippen molar-refractivity contribution < 1.29 is 10.2 Å². The number of rotatable bonds is 3. The molecule has 4 heteroatoms. The number of hydrogen-bond donors (Lipinski definition) is 2. The minimum atomic E-state index is -0.102. The Morgan fingerprint density at radius 3 is 2.43 bits per heavy atom.